The van der Waals surface area contributed by atoms with Gasteiger partial charge in [-0.2, -0.15) is 0 Å². The Morgan fingerprint density at radius 3 is 2.50 bits per heavy atom. The number of fused-ring (bicyclic) bond motifs is 1. The maximum absolute atomic E-state index is 9.11. The Morgan fingerprint density at radius 1 is 1.33 bits per heavy atom. The van der Waals surface area contributed by atoms with Gasteiger partial charge in [0.2, 0.25) is 0 Å². The third-order valence-corrected chi connectivity index (χ3v) is 4.07. The molecular formula is C11H18O. The van der Waals surface area contributed by atoms with Crippen LogP contribution in [0.2, 0.25) is 0 Å². The van der Waals surface area contributed by atoms with Crippen molar-refractivity contribution in [1.29, 1.82) is 0 Å². The van der Waals surface area contributed by atoms with E-state index in [0.717, 1.165) is 18.3 Å². The summed E-state index contributed by atoms with van der Waals surface area (Å²) in [5.41, 5.74) is 3.31. The maximum Gasteiger partial charge on any atom is 0.0644 e. The molecule has 1 N–H and O–H groups in total. The summed E-state index contributed by atoms with van der Waals surface area (Å²) in [6.07, 6.45) is 2.38. The van der Waals surface area contributed by atoms with Gasteiger partial charge in [-0.25, -0.2) is 0 Å². The summed E-state index contributed by atoms with van der Waals surface area (Å²) < 4.78 is 0. The lowest BCUT2D eigenvalue weighted by atomic mass is 9.93. The number of rotatable bonds is 1. The average molecular weight is 166 g/mol. The highest BCUT2D eigenvalue weighted by Gasteiger charge is 2.58. The highest BCUT2D eigenvalue weighted by Crippen LogP contribution is 2.65. The topological polar surface area (TPSA) is 20.2 Å². The fourth-order valence-corrected chi connectivity index (χ4v) is 2.78. The van der Waals surface area contributed by atoms with E-state index in [-0.39, 0.29) is 6.61 Å². The van der Waals surface area contributed by atoms with Gasteiger partial charge in [-0.1, -0.05) is 19.4 Å². The van der Waals surface area contributed by atoms with E-state index >= 15 is 0 Å². The normalized spacial score (nSPS) is 38.0. The molecule has 1 heteroatoms. The second-order valence-electron chi connectivity index (χ2n) is 4.98. The van der Waals surface area contributed by atoms with Crippen molar-refractivity contribution in [1.82, 2.24) is 0 Å². The van der Waals surface area contributed by atoms with Gasteiger partial charge in [0.25, 0.3) is 0 Å². The zero-order valence-corrected chi connectivity index (χ0v) is 8.22. The Hall–Kier alpha value is -0.300. The van der Waals surface area contributed by atoms with Crippen LogP contribution in [0.3, 0.4) is 0 Å². The lowest BCUT2D eigenvalue weighted by molar-refractivity contribution is 0.318. The van der Waals surface area contributed by atoms with Crippen LogP contribution in [0.25, 0.3) is 0 Å². The second kappa shape index (κ2) is 2.35. The molecule has 0 heterocycles. The molecule has 0 spiro atoms. The van der Waals surface area contributed by atoms with E-state index in [4.69, 9.17) is 5.11 Å². The molecule has 2 atom stereocenters. The molecule has 0 aromatic carbocycles. The minimum absolute atomic E-state index is 0.283. The summed E-state index contributed by atoms with van der Waals surface area (Å²) >= 11 is 0. The van der Waals surface area contributed by atoms with E-state index in [9.17, 15) is 0 Å². The van der Waals surface area contributed by atoms with Gasteiger partial charge < -0.3 is 5.11 Å². The van der Waals surface area contributed by atoms with E-state index in [1.165, 1.54) is 17.6 Å². The van der Waals surface area contributed by atoms with E-state index in [0.29, 0.717) is 5.41 Å². The van der Waals surface area contributed by atoms with Gasteiger partial charge in [-0.15, -0.1) is 0 Å². The molecule has 2 rings (SSSR count). The van der Waals surface area contributed by atoms with Crippen molar-refractivity contribution in [3.63, 3.8) is 0 Å². The highest BCUT2D eigenvalue weighted by molar-refractivity contribution is 5.26. The first-order valence-electron chi connectivity index (χ1n) is 4.85. The Kier molecular flexibility index (Phi) is 1.63. The molecule has 2 unspecified atom stereocenters. The maximum atomic E-state index is 9.11. The van der Waals surface area contributed by atoms with Crippen LogP contribution in [-0.2, 0) is 0 Å². The Morgan fingerprint density at radius 2 is 1.92 bits per heavy atom. The monoisotopic (exact) mass is 166 g/mol. The summed E-state index contributed by atoms with van der Waals surface area (Å²) in [5, 5.41) is 9.11. The Balaban J connectivity index is 2.15. The summed E-state index contributed by atoms with van der Waals surface area (Å²) in [7, 11) is 0. The molecule has 0 aliphatic heterocycles. The zero-order chi connectivity index (χ0) is 8.93. The summed E-state index contributed by atoms with van der Waals surface area (Å²) in [6.45, 7) is 7.17. The molecule has 1 saturated carbocycles. The summed E-state index contributed by atoms with van der Waals surface area (Å²) in [6, 6.07) is 0. The molecule has 2 aliphatic rings. The SMILES string of the molecule is CC1=C(CO)CC2C(C1)C2(C)C. The minimum Gasteiger partial charge on any atom is -0.392 e. The van der Waals surface area contributed by atoms with Gasteiger partial charge >= 0.3 is 0 Å². The fourth-order valence-electron chi connectivity index (χ4n) is 2.78. The van der Waals surface area contributed by atoms with Crippen LogP contribution >= 0.6 is 0 Å². The molecule has 1 fully saturated rings. The molecule has 12 heavy (non-hydrogen) atoms. The van der Waals surface area contributed by atoms with Gasteiger partial charge in [0.1, 0.15) is 0 Å². The molecule has 0 aromatic heterocycles. The van der Waals surface area contributed by atoms with Crippen molar-refractivity contribution in [3.05, 3.63) is 11.1 Å². The van der Waals surface area contributed by atoms with Gasteiger partial charge in [0.05, 0.1) is 6.61 Å². The van der Waals surface area contributed by atoms with Crippen molar-refractivity contribution in [2.75, 3.05) is 6.61 Å². The van der Waals surface area contributed by atoms with Crippen LogP contribution in [-0.4, -0.2) is 11.7 Å². The number of hydrogen-bond acceptors (Lipinski definition) is 1. The molecule has 0 bridgehead atoms. The van der Waals surface area contributed by atoms with Crippen LogP contribution in [0.5, 0.6) is 0 Å². The Labute approximate surface area is 74.5 Å². The largest absolute Gasteiger partial charge is 0.392 e. The summed E-state index contributed by atoms with van der Waals surface area (Å²) in [5.74, 6) is 1.77. The highest BCUT2D eigenvalue weighted by atomic mass is 16.3. The van der Waals surface area contributed by atoms with E-state index in [2.05, 4.69) is 20.8 Å². The smallest absolute Gasteiger partial charge is 0.0644 e. The summed E-state index contributed by atoms with van der Waals surface area (Å²) in [4.78, 5) is 0. The first-order chi connectivity index (χ1) is 5.57. The molecule has 0 amide bonds. The number of aliphatic hydroxyl groups excluding tert-OH is 1. The first-order valence-corrected chi connectivity index (χ1v) is 4.85. The predicted octanol–water partition coefficient (Wildman–Crippen LogP) is 2.36. The van der Waals surface area contributed by atoms with Crippen molar-refractivity contribution < 1.29 is 5.11 Å². The number of hydrogen-bond donors (Lipinski definition) is 1. The molecule has 68 valence electrons. The van der Waals surface area contributed by atoms with Crippen LogP contribution in [0.15, 0.2) is 11.1 Å². The molecule has 2 aliphatic carbocycles. The van der Waals surface area contributed by atoms with Gasteiger partial charge in [0.15, 0.2) is 0 Å². The van der Waals surface area contributed by atoms with Crippen LogP contribution in [0, 0.1) is 17.3 Å². The quantitative estimate of drug-likeness (QED) is 0.593. The van der Waals surface area contributed by atoms with Crippen molar-refractivity contribution >= 4 is 0 Å². The third-order valence-electron chi connectivity index (χ3n) is 4.07. The molecule has 0 saturated heterocycles. The molecule has 0 radical (unpaired) electrons. The average Bonchev–Trinajstić information content (AvgIpc) is 2.52. The molecule has 0 aromatic rings. The molecular weight excluding hydrogens is 148 g/mol. The second-order valence-corrected chi connectivity index (χ2v) is 4.98. The van der Waals surface area contributed by atoms with Crippen molar-refractivity contribution in [2.24, 2.45) is 17.3 Å². The Bertz CT molecular complexity index is 237. The number of aliphatic hydroxyl groups is 1. The molecule has 1 nitrogen and oxygen atoms in total. The van der Waals surface area contributed by atoms with Gasteiger partial charge in [-0.3, -0.25) is 0 Å². The third kappa shape index (κ3) is 0.957. The minimum atomic E-state index is 0.283. The van der Waals surface area contributed by atoms with Crippen LogP contribution in [0.4, 0.5) is 0 Å². The van der Waals surface area contributed by atoms with E-state index < -0.39 is 0 Å². The zero-order valence-electron chi connectivity index (χ0n) is 8.22. The first kappa shape index (κ1) is 8.31. The fraction of sp³-hybridized carbons (Fsp3) is 0.818. The van der Waals surface area contributed by atoms with Gasteiger partial charge in [0, 0.05) is 0 Å². The standard InChI is InChI=1S/C11H18O/c1-7-4-9-10(11(9,2)3)5-8(7)6-12/h9-10,12H,4-6H2,1-3H3. The lowest BCUT2D eigenvalue weighted by Crippen LogP contribution is -2.03. The lowest BCUT2D eigenvalue weighted by Gasteiger charge is -2.14. The van der Waals surface area contributed by atoms with E-state index in [1.54, 1.807) is 0 Å². The van der Waals surface area contributed by atoms with Crippen LogP contribution < -0.4 is 0 Å². The number of allylic oxidation sites excluding steroid dienone is 1. The van der Waals surface area contributed by atoms with Gasteiger partial charge in [-0.05, 0) is 42.6 Å². The van der Waals surface area contributed by atoms with Crippen LogP contribution in [0.1, 0.15) is 33.6 Å². The van der Waals surface area contributed by atoms with Crippen molar-refractivity contribution in [3.8, 4) is 0 Å². The van der Waals surface area contributed by atoms with Crippen molar-refractivity contribution in [2.45, 2.75) is 33.6 Å². The van der Waals surface area contributed by atoms with E-state index in [1.807, 2.05) is 0 Å². The predicted molar refractivity (Wildman–Crippen MR) is 49.8 cm³/mol.